The predicted molar refractivity (Wildman–Crippen MR) is 77.8 cm³/mol. The number of amides is 1. The molecule has 0 N–H and O–H groups in total. The first kappa shape index (κ1) is 13.9. The molecule has 1 saturated heterocycles. The van der Waals surface area contributed by atoms with E-state index in [1.165, 1.54) is 12.8 Å². The number of carbonyl (C=O) groups is 1. The van der Waals surface area contributed by atoms with Crippen molar-refractivity contribution in [1.29, 1.82) is 0 Å². The van der Waals surface area contributed by atoms with Gasteiger partial charge in [-0.15, -0.1) is 11.6 Å². The zero-order chi connectivity index (χ0) is 13.0. The van der Waals surface area contributed by atoms with E-state index in [0.29, 0.717) is 0 Å². The minimum absolute atomic E-state index is 0.0328. The molecule has 1 aromatic rings. The van der Waals surface area contributed by atoms with Crippen molar-refractivity contribution >= 4 is 33.4 Å². The van der Waals surface area contributed by atoms with Crippen LogP contribution in [0.1, 0.15) is 36.6 Å². The van der Waals surface area contributed by atoms with E-state index in [0.717, 1.165) is 36.0 Å². The lowest BCUT2D eigenvalue weighted by molar-refractivity contribution is -0.130. The molecule has 18 heavy (non-hydrogen) atoms. The monoisotopic (exact) mass is 329 g/mol. The van der Waals surface area contributed by atoms with Crippen LogP contribution in [0.25, 0.3) is 0 Å². The van der Waals surface area contributed by atoms with Crippen LogP contribution in [0.3, 0.4) is 0 Å². The first-order valence-corrected chi connectivity index (χ1v) is 7.60. The van der Waals surface area contributed by atoms with Crippen molar-refractivity contribution in [3.63, 3.8) is 0 Å². The van der Waals surface area contributed by atoms with Gasteiger partial charge in [0.05, 0.1) is 0 Å². The third-order valence-corrected chi connectivity index (χ3v) is 4.46. The van der Waals surface area contributed by atoms with Gasteiger partial charge in [-0.25, -0.2) is 0 Å². The molecule has 1 aliphatic rings. The Morgan fingerprint density at radius 1 is 1.17 bits per heavy atom. The number of rotatable bonds is 2. The van der Waals surface area contributed by atoms with Gasteiger partial charge in [0.2, 0.25) is 5.91 Å². The summed E-state index contributed by atoms with van der Waals surface area (Å²) in [5.41, 5.74) is 0.855. The smallest absolute Gasteiger partial charge is 0.245 e. The van der Waals surface area contributed by atoms with Crippen LogP contribution < -0.4 is 0 Å². The zero-order valence-electron chi connectivity index (χ0n) is 10.2. The minimum atomic E-state index is -0.585. The van der Waals surface area contributed by atoms with Gasteiger partial charge in [-0.3, -0.25) is 4.79 Å². The summed E-state index contributed by atoms with van der Waals surface area (Å²) in [5.74, 6) is 0.0328. The Balaban J connectivity index is 2.10. The molecule has 2 rings (SSSR count). The third kappa shape index (κ3) is 3.27. The van der Waals surface area contributed by atoms with Gasteiger partial charge in [-0.05, 0) is 24.5 Å². The van der Waals surface area contributed by atoms with Gasteiger partial charge in [-0.1, -0.05) is 47.0 Å². The maximum Gasteiger partial charge on any atom is 0.245 e. The fourth-order valence-corrected chi connectivity index (χ4v) is 3.24. The van der Waals surface area contributed by atoms with Crippen molar-refractivity contribution in [1.82, 2.24) is 4.90 Å². The highest BCUT2D eigenvalue weighted by Crippen LogP contribution is 2.30. The Morgan fingerprint density at radius 2 is 1.78 bits per heavy atom. The lowest BCUT2D eigenvalue weighted by Gasteiger charge is -2.23. The number of nitrogens with zero attached hydrogens (tertiary/aromatic N) is 1. The number of hydrogen-bond donors (Lipinski definition) is 0. The molecule has 1 amide bonds. The Kier molecular flexibility index (Phi) is 5.07. The quantitative estimate of drug-likeness (QED) is 0.747. The van der Waals surface area contributed by atoms with Crippen LogP contribution in [0.15, 0.2) is 28.7 Å². The van der Waals surface area contributed by atoms with Crippen molar-refractivity contribution in [3.8, 4) is 0 Å². The first-order valence-electron chi connectivity index (χ1n) is 6.37. The van der Waals surface area contributed by atoms with Crippen molar-refractivity contribution in [2.24, 2.45) is 0 Å². The van der Waals surface area contributed by atoms with Crippen LogP contribution in [0.5, 0.6) is 0 Å². The summed E-state index contributed by atoms with van der Waals surface area (Å²) in [7, 11) is 0. The summed E-state index contributed by atoms with van der Waals surface area (Å²) in [6, 6.07) is 7.65. The topological polar surface area (TPSA) is 20.3 Å². The van der Waals surface area contributed by atoms with E-state index >= 15 is 0 Å². The second kappa shape index (κ2) is 6.58. The van der Waals surface area contributed by atoms with Crippen LogP contribution >= 0.6 is 27.5 Å². The molecule has 2 nitrogen and oxygen atoms in total. The maximum absolute atomic E-state index is 12.4. The number of alkyl halides is 1. The predicted octanol–water partition coefficient (Wildman–Crippen LogP) is 4.13. The van der Waals surface area contributed by atoms with Gasteiger partial charge in [0.15, 0.2) is 0 Å². The third-order valence-electron chi connectivity index (χ3n) is 3.31. The molecule has 1 aromatic carbocycles. The number of carbonyl (C=O) groups excluding carboxylic acids is 1. The van der Waals surface area contributed by atoms with E-state index in [1.54, 1.807) is 0 Å². The van der Waals surface area contributed by atoms with Gasteiger partial charge in [0, 0.05) is 17.6 Å². The summed E-state index contributed by atoms with van der Waals surface area (Å²) in [6.07, 6.45) is 4.61. The van der Waals surface area contributed by atoms with E-state index in [9.17, 15) is 4.79 Å². The molecule has 1 unspecified atom stereocenters. The summed E-state index contributed by atoms with van der Waals surface area (Å²) in [5, 5.41) is -0.585. The number of hydrogen-bond acceptors (Lipinski definition) is 1. The van der Waals surface area contributed by atoms with Crippen molar-refractivity contribution in [2.75, 3.05) is 13.1 Å². The summed E-state index contributed by atoms with van der Waals surface area (Å²) in [6.45, 7) is 1.68. The van der Waals surface area contributed by atoms with Gasteiger partial charge in [-0.2, -0.15) is 0 Å². The number of benzene rings is 1. The normalized spacial score (nSPS) is 18.2. The Bertz CT molecular complexity index is 416. The van der Waals surface area contributed by atoms with Crippen LogP contribution in [0.2, 0.25) is 0 Å². The molecule has 1 fully saturated rings. The molecule has 98 valence electrons. The lowest BCUT2D eigenvalue weighted by Crippen LogP contribution is -2.34. The van der Waals surface area contributed by atoms with E-state index in [-0.39, 0.29) is 5.91 Å². The molecule has 1 heterocycles. The second-order valence-corrected chi connectivity index (χ2v) is 5.91. The SMILES string of the molecule is O=C(C(Cl)c1ccccc1Br)N1CCCCCC1. The van der Waals surface area contributed by atoms with Crippen LogP contribution in [0.4, 0.5) is 0 Å². The standard InChI is InChI=1S/C14H17BrClNO/c15-12-8-4-3-7-11(12)13(16)14(18)17-9-5-1-2-6-10-17/h3-4,7-8,13H,1-2,5-6,9-10H2. The van der Waals surface area contributed by atoms with E-state index in [2.05, 4.69) is 15.9 Å². The molecule has 4 heteroatoms. The van der Waals surface area contributed by atoms with Crippen molar-refractivity contribution in [3.05, 3.63) is 34.3 Å². The Hall–Kier alpha value is -0.540. The Labute approximate surface area is 121 Å². The molecule has 0 aromatic heterocycles. The largest absolute Gasteiger partial charge is 0.341 e. The van der Waals surface area contributed by atoms with Gasteiger partial charge < -0.3 is 4.90 Å². The van der Waals surface area contributed by atoms with E-state index < -0.39 is 5.38 Å². The molecule has 0 aliphatic carbocycles. The van der Waals surface area contributed by atoms with Crippen molar-refractivity contribution < 1.29 is 4.79 Å². The molecule has 0 saturated carbocycles. The Morgan fingerprint density at radius 3 is 2.39 bits per heavy atom. The average Bonchev–Trinajstić information content (AvgIpc) is 2.66. The van der Waals surface area contributed by atoms with E-state index in [4.69, 9.17) is 11.6 Å². The molecule has 1 atom stereocenters. The van der Waals surface area contributed by atoms with Gasteiger partial charge in [0.1, 0.15) is 5.38 Å². The highest BCUT2D eigenvalue weighted by atomic mass is 79.9. The fourth-order valence-electron chi connectivity index (χ4n) is 2.27. The number of halogens is 2. The average molecular weight is 331 g/mol. The van der Waals surface area contributed by atoms with Crippen LogP contribution in [-0.4, -0.2) is 23.9 Å². The van der Waals surface area contributed by atoms with Crippen LogP contribution in [0, 0.1) is 0 Å². The number of likely N-dealkylation sites (tertiary alicyclic amines) is 1. The first-order chi connectivity index (χ1) is 8.70. The summed E-state index contributed by atoms with van der Waals surface area (Å²) in [4.78, 5) is 14.3. The van der Waals surface area contributed by atoms with E-state index in [1.807, 2.05) is 29.2 Å². The van der Waals surface area contributed by atoms with Crippen molar-refractivity contribution in [2.45, 2.75) is 31.1 Å². The molecule has 1 aliphatic heterocycles. The highest BCUT2D eigenvalue weighted by Gasteiger charge is 2.25. The highest BCUT2D eigenvalue weighted by molar-refractivity contribution is 9.10. The molecule has 0 spiro atoms. The molecular weight excluding hydrogens is 314 g/mol. The second-order valence-electron chi connectivity index (χ2n) is 4.62. The molecule has 0 radical (unpaired) electrons. The lowest BCUT2D eigenvalue weighted by atomic mass is 10.1. The molecule has 0 bridgehead atoms. The summed E-state index contributed by atoms with van der Waals surface area (Å²) >= 11 is 9.78. The van der Waals surface area contributed by atoms with Crippen LogP contribution in [-0.2, 0) is 4.79 Å². The van der Waals surface area contributed by atoms with Gasteiger partial charge in [0.25, 0.3) is 0 Å². The fraction of sp³-hybridized carbons (Fsp3) is 0.500. The maximum atomic E-state index is 12.4. The van der Waals surface area contributed by atoms with Gasteiger partial charge >= 0.3 is 0 Å². The summed E-state index contributed by atoms with van der Waals surface area (Å²) < 4.78 is 0.896. The zero-order valence-corrected chi connectivity index (χ0v) is 12.6. The molecular formula is C14H17BrClNO. The minimum Gasteiger partial charge on any atom is -0.341 e.